The molecule has 3 heteroatoms. The minimum absolute atomic E-state index is 0.188. The maximum atomic E-state index is 11.7. The third-order valence-electron chi connectivity index (χ3n) is 3.55. The molecule has 0 amide bonds. The van der Waals surface area contributed by atoms with E-state index in [9.17, 15) is 4.79 Å². The van der Waals surface area contributed by atoms with Crippen LogP contribution in [0.3, 0.4) is 0 Å². The van der Waals surface area contributed by atoms with Gasteiger partial charge in [-0.2, -0.15) is 0 Å². The maximum Gasteiger partial charge on any atom is 0.163 e. The van der Waals surface area contributed by atoms with Crippen LogP contribution in [0.25, 0.3) is 0 Å². The summed E-state index contributed by atoms with van der Waals surface area (Å²) >= 11 is 0. The van der Waals surface area contributed by atoms with Gasteiger partial charge in [0.1, 0.15) is 6.61 Å². The van der Waals surface area contributed by atoms with Gasteiger partial charge in [0.05, 0.1) is 7.11 Å². The molecule has 0 N–H and O–H groups in total. The highest BCUT2D eigenvalue weighted by Crippen LogP contribution is 2.35. The van der Waals surface area contributed by atoms with Gasteiger partial charge in [0, 0.05) is 12.0 Å². The molecule has 0 radical (unpaired) electrons. The molecule has 0 fully saturated rings. The summed E-state index contributed by atoms with van der Waals surface area (Å²) < 4.78 is 11.2. The van der Waals surface area contributed by atoms with Crippen LogP contribution < -0.4 is 9.47 Å². The lowest BCUT2D eigenvalue weighted by molar-refractivity contribution is 0.0994. The van der Waals surface area contributed by atoms with Crippen molar-refractivity contribution in [1.29, 1.82) is 0 Å². The Morgan fingerprint density at radius 2 is 1.85 bits per heavy atom. The minimum Gasteiger partial charge on any atom is -0.493 e. The van der Waals surface area contributed by atoms with Crippen molar-refractivity contribution in [1.82, 2.24) is 0 Å². The molecule has 0 saturated carbocycles. The lowest BCUT2D eigenvalue weighted by Crippen LogP contribution is -2.00. The van der Waals surface area contributed by atoms with Crippen LogP contribution in [0.5, 0.6) is 11.5 Å². The van der Waals surface area contributed by atoms with Crippen molar-refractivity contribution in [2.75, 3.05) is 7.11 Å². The smallest absolute Gasteiger partial charge is 0.163 e. The van der Waals surface area contributed by atoms with Gasteiger partial charge in [0.25, 0.3) is 0 Å². The van der Waals surface area contributed by atoms with E-state index in [0.29, 0.717) is 24.5 Å². The predicted octanol–water partition coefficient (Wildman–Crippen LogP) is 3.40. The molecule has 0 heterocycles. The molecule has 0 saturated heterocycles. The van der Waals surface area contributed by atoms with Gasteiger partial charge < -0.3 is 9.47 Å². The fourth-order valence-electron chi connectivity index (χ4n) is 2.46. The molecule has 0 spiro atoms. The largest absolute Gasteiger partial charge is 0.493 e. The van der Waals surface area contributed by atoms with Gasteiger partial charge in [-0.3, -0.25) is 4.79 Å². The molecule has 1 aliphatic rings. The number of ketones is 1. The van der Waals surface area contributed by atoms with E-state index in [0.717, 1.165) is 23.1 Å². The van der Waals surface area contributed by atoms with Crippen LogP contribution in [-0.4, -0.2) is 12.9 Å². The fourth-order valence-corrected chi connectivity index (χ4v) is 2.46. The van der Waals surface area contributed by atoms with Crippen LogP contribution in [0, 0.1) is 0 Å². The molecule has 2 aromatic rings. The van der Waals surface area contributed by atoms with E-state index >= 15 is 0 Å². The normalized spacial score (nSPS) is 13.2. The minimum atomic E-state index is 0.188. The van der Waals surface area contributed by atoms with Gasteiger partial charge >= 0.3 is 0 Å². The first kappa shape index (κ1) is 12.7. The molecule has 0 bridgehead atoms. The predicted molar refractivity (Wildman–Crippen MR) is 76.4 cm³/mol. The molecule has 0 atom stereocenters. The highest BCUT2D eigenvalue weighted by molar-refractivity contribution is 6.01. The Hall–Kier alpha value is -2.29. The van der Waals surface area contributed by atoms with E-state index in [-0.39, 0.29) is 5.78 Å². The zero-order valence-corrected chi connectivity index (χ0v) is 11.4. The molecule has 0 aromatic heterocycles. The number of carbonyl (C=O) groups excluding carboxylic acids is 1. The SMILES string of the molecule is COc1cc2c(cc1OCc1ccccc1)CCC2=O. The average molecular weight is 268 g/mol. The first-order valence-electron chi connectivity index (χ1n) is 6.69. The van der Waals surface area contributed by atoms with Gasteiger partial charge in [-0.15, -0.1) is 0 Å². The van der Waals surface area contributed by atoms with Crippen molar-refractivity contribution in [3.05, 3.63) is 59.2 Å². The van der Waals surface area contributed by atoms with Crippen molar-refractivity contribution < 1.29 is 14.3 Å². The number of benzene rings is 2. The summed E-state index contributed by atoms with van der Waals surface area (Å²) in [5.41, 5.74) is 2.93. The molecule has 20 heavy (non-hydrogen) atoms. The summed E-state index contributed by atoms with van der Waals surface area (Å²) in [6.45, 7) is 0.490. The molecule has 0 aliphatic heterocycles. The Morgan fingerprint density at radius 3 is 2.60 bits per heavy atom. The van der Waals surface area contributed by atoms with Gasteiger partial charge in [-0.25, -0.2) is 0 Å². The summed E-state index contributed by atoms with van der Waals surface area (Å²) in [6.07, 6.45) is 1.38. The Morgan fingerprint density at radius 1 is 1.05 bits per heavy atom. The van der Waals surface area contributed by atoms with E-state index < -0.39 is 0 Å². The first-order valence-corrected chi connectivity index (χ1v) is 6.69. The number of aryl methyl sites for hydroxylation is 1. The van der Waals surface area contributed by atoms with Crippen molar-refractivity contribution in [3.63, 3.8) is 0 Å². The number of carbonyl (C=O) groups is 1. The van der Waals surface area contributed by atoms with Gasteiger partial charge in [0.15, 0.2) is 17.3 Å². The Labute approximate surface area is 118 Å². The summed E-state index contributed by atoms with van der Waals surface area (Å²) in [6, 6.07) is 13.7. The van der Waals surface area contributed by atoms with Crippen molar-refractivity contribution >= 4 is 5.78 Å². The van der Waals surface area contributed by atoms with Gasteiger partial charge in [-0.05, 0) is 29.7 Å². The number of methoxy groups -OCH3 is 1. The number of fused-ring (bicyclic) bond motifs is 1. The lowest BCUT2D eigenvalue weighted by atomic mass is 10.1. The lowest BCUT2D eigenvalue weighted by Gasteiger charge is -2.12. The molecule has 3 nitrogen and oxygen atoms in total. The van der Waals surface area contributed by atoms with Crippen LogP contribution >= 0.6 is 0 Å². The van der Waals surface area contributed by atoms with Gasteiger partial charge in [-0.1, -0.05) is 30.3 Å². The molecule has 1 aliphatic carbocycles. The van der Waals surface area contributed by atoms with E-state index in [2.05, 4.69) is 0 Å². The second-order valence-electron chi connectivity index (χ2n) is 4.86. The fraction of sp³-hybridized carbons (Fsp3) is 0.235. The second-order valence-corrected chi connectivity index (χ2v) is 4.86. The Bertz CT molecular complexity index is 632. The summed E-state index contributed by atoms with van der Waals surface area (Å²) in [5, 5.41) is 0. The van der Waals surface area contributed by atoms with Crippen LogP contribution in [0.15, 0.2) is 42.5 Å². The van der Waals surface area contributed by atoms with Crippen molar-refractivity contribution in [3.8, 4) is 11.5 Å². The zero-order valence-electron chi connectivity index (χ0n) is 11.4. The van der Waals surface area contributed by atoms with E-state index in [1.807, 2.05) is 36.4 Å². The highest BCUT2D eigenvalue weighted by atomic mass is 16.5. The second kappa shape index (κ2) is 5.37. The van der Waals surface area contributed by atoms with Crippen LogP contribution in [-0.2, 0) is 13.0 Å². The number of ether oxygens (including phenoxy) is 2. The summed E-state index contributed by atoms with van der Waals surface area (Å²) in [5.74, 6) is 1.51. The van der Waals surface area contributed by atoms with E-state index in [4.69, 9.17) is 9.47 Å². The molecule has 102 valence electrons. The van der Waals surface area contributed by atoms with Crippen molar-refractivity contribution in [2.45, 2.75) is 19.4 Å². The summed E-state index contributed by atoms with van der Waals surface area (Å²) in [7, 11) is 1.59. The molecular formula is C17H16O3. The highest BCUT2D eigenvalue weighted by Gasteiger charge is 2.22. The Kier molecular flexibility index (Phi) is 3.42. The van der Waals surface area contributed by atoms with Crippen molar-refractivity contribution in [2.24, 2.45) is 0 Å². The zero-order chi connectivity index (χ0) is 13.9. The Balaban J connectivity index is 1.84. The first-order chi connectivity index (χ1) is 9.78. The number of Topliss-reactive ketones (excluding diaryl/α,β-unsaturated/α-hetero) is 1. The number of rotatable bonds is 4. The monoisotopic (exact) mass is 268 g/mol. The van der Waals surface area contributed by atoms with E-state index in [1.54, 1.807) is 13.2 Å². The van der Waals surface area contributed by atoms with Gasteiger partial charge in [0.2, 0.25) is 0 Å². The molecule has 2 aromatic carbocycles. The number of hydrogen-bond acceptors (Lipinski definition) is 3. The topological polar surface area (TPSA) is 35.5 Å². The number of hydrogen-bond donors (Lipinski definition) is 0. The standard InChI is InChI=1S/C17H16O3/c1-19-16-10-14-13(7-8-15(14)18)9-17(16)20-11-12-5-3-2-4-6-12/h2-6,9-10H,7-8,11H2,1H3. The van der Waals surface area contributed by atoms with Crippen LogP contribution in [0.1, 0.15) is 27.9 Å². The molecule has 0 unspecified atom stereocenters. The molecule has 3 rings (SSSR count). The van der Waals surface area contributed by atoms with Crippen LogP contribution in [0.4, 0.5) is 0 Å². The van der Waals surface area contributed by atoms with Crippen LogP contribution in [0.2, 0.25) is 0 Å². The third-order valence-corrected chi connectivity index (χ3v) is 3.55. The maximum absolute atomic E-state index is 11.7. The summed E-state index contributed by atoms with van der Waals surface area (Å²) in [4.78, 5) is 11.7. The molecular weight excluding hydrogens is 252 g/mol. The average Bonchev–Trinajstić information content (AvgIpc) is 2.86. The third kappa shape index (κ3) is 2.39. The quantitative estimate of drug-likeness (QED) is 0.852. The van der Waals surface area contributed by atoms with E-state index in [1.165, 1.54) is 0 Å².